The Balaban J connectivity index is 1.28. The van der Waals surface area contributed by atoms with Crippen LogP contribution in [0.2, 0.25) is 0 Å². The van der Waals surface area contributed by atoms with Crippen molar-refractivity contribution in [2.45, 2.75) is 57.8 Å². The summed E-state index contributed by atoms with van der Waals surface area (Å²) in [6.45, 7) is 0. The molecule has 2 aliphatic carbocycles. The maximum Gasteiger partial charge on any atom is 0.233 e. The number of aryl methyl sites for hydroxylation is 1. The van der Waals surface area contributed by atoms with Crippen molar-refractivity contribution in [2.24, 2.45) is 24.3 Å². The van der Waals surface area contributed by atoms with Crippen LogP contribution in [0.15, 0.2) is 18.5 Å². The molecule has 29 heavy (non-hydrogen) atoms. The number of hydrogen-bond donors (Lipinski definition) is 1. The van der Waals surface area contributed by atoms with E-state index in [1.165, 1.54) is 18.5 Å². The molecule has 1 spiro atoms. The Labute approximate surface area is 170 Å². The number of nitrogens with zero attached hydrogens (tertiary/aromatic N) is 4. The zero-order valence-electron chi connectivity index (χ0n) is 16.9. The largest absolute Gasteiger partial charge is 0.296 e. The minimum absolute atomic E-state index is 0.0704. The summed E-state index contributed by atoms with van der Waals surface area (Å²) in [6, 6.07) is 1.97. The SMILES string of the molecule is Cn1ncc(-c2ccnc(CC3CCC4(CC3)CC(=O)NC4=O)n2)c1CC1CC1. The summed E-state index contributed by atoms with van der Waals surface area (Å²) in [5.41, 5.74) is 2.87. The number of aromatic nitrogens is 4. The normalized spacial score (nSPS) is 26.9. The molecule has 1 N–H and O–H groups in total. The first-order chi connectivity index (χ1) is 14.0. The highest BCUT2D eigenvalue weighted by atomic mass is 16.2. The lowest BCUT2D eigenvalue weighted by Gasteiger charge is -2.34. The summed E-state index contributed by atoms with van der Waals surface area (Å²) >= 11 is 0. The van der Waals surface area contributed by atoms with E-state index in [-0.39, 0.29) is 11.8 Å². The van der Waals surface area contributed by atoms with Crippen LogP contribution >= 0.6 is 0 Å². The van der Waals surface area contributed by atoms with Crippen LogP contribution in [0, 0.1) is 17.3 Å². The number of imide groups is 1. The molecule has 0 atom stereocenters. The Morgan fingerprint density at radius 2 is 1.90 bits per heavy atom. The highest BCUT2D eigenvalue weighted by Crippen LogP contribution is 2.45. The van der Waals surface area contributed by atoms with Gasteiger partial charge in [-0.1, -0.05) is 0 Å². The number of hydrogen-bond acceptors (Lipinski definition) is 5. The third kappa shape index (κ3) is 3.58. The first kappa shape index (κ1) is 18.5. The van der Waals surface area contributed by atoms with Crippen molar-refractivity contribution in [1.82, 2.24) is 25.1 Å². The lowest BCUT2D eigenvalue weighted by Crippen LogP contribution is -2.35. The Morgan fingerprint density at radius 1 is 1.14 bits per heavy atom. The molecule has 1 saturated heterocycles. The quantitative estimate of drug-likeness (QED) is 0.789. The molecule has 2 amide bonds. The van der Waals surface area contributed by atoms with Crippen LogP contribution in [-0.4, -0.2) is 31.6 Å². The van der Waals surface area contributed by atoms with E-state index in [0.29, 0.717) is 12.3 Å². The highest BCUT2D eigenvalue weighted by Gasteiger charge is 2.48. The average Bonchev–Trinajstić information content (AvgIpc) is 3.39. The Kier molecular flexibility index (Phi) is 4.48. The van der Waals surface area contributed by atoms with Gasteiger partial charge in [-0.05, 0) is 62.8 Å². The maximum absolute atomic E-state index is 12.2. The van der Waals surface area contributed by atoms with Crippen molar-refractivity contribution in [2.75, 3.05) is 0 Å². The van der Waals surface area contributed by atoms with E-state index >= 15 is 0 Å². The van der Waals surface area contributed by atoms with E-state index in [1.807, 2.05) is 30.2 Å². The van der Waals surface area contributed by atoms with Crippen LogP contribution in [0.4, 0.5) is 0 Å². The molecule has 0 radical (unpaired) electrons. The van der Waals surface area contributed by atoms with Crippen LogP contribution < -0.4 is 5.32 Å². The van der Waals surface area contributed by atoms with Crippen molar-refractivity contribution in [3.05, 3.63) is 30.0 Å². The minimum atomic E-state index is -0.455. The minimum Gasteiger partial charge on any atom is -0.296 e. The van der Waals surface area contributed by atoms with Gasteiger partial charge in [-0.2, -0.15) is 5.10 Å². The van der Waals surface area contributed by atoms with Gasteiger partial charge in [0.2, 0.25) is 11.8 Å². The number of carbonyl (C=O) groups is 2. The van der Waals surface area contributed by atoms with Crippen molar-refractivity contribution >= 4 is 11.8 Å². The van der Waals surface area contributed by atoms with Crippen LogP contribution in [0.25, 0.3) is 11.3 Å². The number of rotatable bonds is 5. The molecule has 0 aromatic carbocycles. The second kappa shape index (κ2) is 7.04. The molecule has 3 aliphatic rings. The van der Waals surface area contributed by atoms with Crippen molar-refractivity contribution in [3.8, 4) is 11.3 Å². The van der Waals surface area contributed by atoms with Crippen LogP contribution in [0.1, 0.15) is 56.5 Å². The van der Waals surface area contributed by atoms with E-state index in [4.69, 9.17) is 4.98 Å². The van der Waals surface area contributed by atoms with Gasteiger partial charge in [-0.25, -0.2) is 9.97 Å². The average molecular weight is 393 g/mol. The molecule has 1 aliphatic heterocycles. The van der Waals surface area contributed by atoms with Gasteiger partial charge in [0.25, 0.3) is 0 Å². The van der Waals surface area contributed by atoms with Gasteiger partial charge < -0.3 is 0 Å². The van der Waals surface area contributed by atoms with Gasteiger partial charge >= 0.3 is 0 Å². The Morgan fingerprint density at radius 3 is 2.59 bits per heavy atom. The first-order valence-corrected chi connectivity index (χ1v) is 10.7. The molecule has 5 rings (SSSR count). The maximum atomic E-state index is 12.2. The van der Waals surface area contributed by atoms with Gasteiger partial charge in [0.05, 0.1) is 17.3 Å². The molecule has 0 bridgehead atoms. The van der Waals surface area contributed by atoms with E-state index in [9.17, 15) is 9.59 Å². The van der Waals surface area contributed by atoms with Gasteiger partial charge in [0.1, 0.15) is 5.82 Å². The third-order valence-electron chi connectivity index (χ3n) is 6.99. The fourth-order valence-corrected chi connectivity index (χ4v) is 4.95. The lowest BCUT2D eigenvalue weighted by atomic mass is 9.69. The second-order valence-electron chi connectivity index (χ2n) is 9.12. The van der Waals surface area contributed by atoms with Crippen LogP contribution in [0.3, 0.4) is 0 Å². The standard InChI is InChI=1S/C22H27N5O2/c1-27-18(10-14-2-3-14)16(13-24-27)17-6-9-23-19(25-17)11-15-4-7-22(8-5-15)12-20(28)26-21(22)29/h6,9,13-15H,2-5,7-8,10-12H2,1H3,(H,26,28,29). The smallest absolute Gasteiger partial charge is 0.233 e. The summed E-state index contributed by atoms with van der Waals surface area (Å²) in [5, 5.41) is 6.95. The number of amides is 2. The number of nitrogens with one attached hydrogen (secondary N) is 1. The molecule has 2 aromatic heterocycles. The lowest BCUT2D eigenvalue weighted by molar-refractivity contribution is -0.130. The van der Waals surface area contributed by atoms with Gasteiger partial charge in [0.15, 0.2) is 0 Å². The molecular formula is C22H27N5O2. The molecule has 2 saturated carbocycles. The number of carbonyl (C=O) groups excluding carboxylic acids is 2. The molecule has 0 unspecified atom stereocenters. The topological polar surface area (TPSA) is 89.8 Å². The Bertz CT molecular complexity index is 954. The first-order valence-electron chi connectivity index (χ1n) is 10.7. The second-order valence-corrected chi connectivity index (χ2v) is 9.12. The van der Waals surface area contributed by atoms with Gasteiger partial charge in [-0.15, -0.1) is 0 Å². The molecule has 7 heteroatoms. The predicted molar refractivity (Wildman–Crippen MR) is 107 cm³/mol. The van der Waals surface area contributed by atoms with E-state index in [0.717, 1.165) is 61.5 Å². The fraction of sp³-hybridized carbons (Fsp3) is 0.591. The Hall–Kier alpha value is -2.57. The van der Waals surface area contributed by atoms with Crippen molar-refractivity contribution < 1.29 is 9.59 Å². The predicted octanol–water partition coefficient (Wildman–Crippen LogP) is 2.60. The van der Waals surface area contributed by atoms with E-state index in [1.54, 1.807) is 0 Å². The summed E-state index contributed by atoms with van der Waals surface area (Å²) in [7, 11) is 2.01. The highest BCUT2D eigenvalue weighted by molar-refractivity contribution is 6.05. The summed E-state index contributed by atoms with van der Waals surface area (Å²) in [5.74, 6) is 1.91. The molecule has 3 fully saturated rings. The van der Waals surface area contributed by atoms with Crippen LogP contribution in [-0.2, 0) is 29.5 Å². The fourth-order valence-electron chi connectivity index (χ4n) is 4.95. The van der Waals surface area contributed by atoms with E-state index < -0.39 is 5.41 Å². The molecule has 7 nitrogen and oxygen atoms in total. The zero-order valence-corrected chi connectivity index (χ0v) is 16.9. The van der Waals surface area contributed by atoms with E-state index in [2.05, 4.69) is 15.4 Å². The van der Waals surface area contributed by atoms with Crippen molar-refractivity contribution in [3.63, 3.8) is 0 Å². The zero-order chi connectivity index (χ0) is 20.0. The summed E-state index contributed by atoms with van der Waals surface area (Å²) < 4.78 is 1.98. The van der Waals surface area contributed by atoms with Crippen molar-refractivity contribution in [1.29, 1.82) is 0 Å². The monoisotopic (exact) mass is 393 g/mol. The third-order valence-corrected chi connectivity index (χ3v) is 6.99. The van der Waals surface area contributed by atoms with Gasteiger partial charge in [-0.3, -0.25) is 19.6 Å². The molecular weight excluding hydrogens is 366 g/mol. The molecule has 3 heterocycles. The summed E-state index contributed by atoms with van der Waals surface area (Å²) in [6.07, 6.45) is 12.1. The molecule has 152 valence electrons. The molecule has 2 aromatic rings. The van der Waals surface area contributed by atoms with Gasteiger partial charge in [0, 0.05) is 37.3 Å². The summed E-state index contributed by atoms with van der Waals surface area (Å²) in [4.78, 5) is 33.2. The van der Waals surface area contributed by atoms with Crippen LogP contribution in [0.5, 0.6) is 0 Å².